The van der Waals surface area contributed by atoms with Gasteiger partial charge in [-0.3, -0.25) is 9.20 Å². The molecule has 1 N–H and O–H groups in total. The fraction of sp³-hybridized carbons (Fsp3) is 0.0625. The van der Waals surface area contributed by atoms with Crippen molar-refractivity contribution in [2.45, 2.75) is 5.16 Å². The minimum absolute atomic E-state index is 0.0723. The van der Waals surface area contributed by atoms with E-state index in [1.54, 1.807) is 0 Å². The number of benzene rings is 2. The number of imidazole rings is 1. The number of carbonyl (C=O) groups is 1. The van der Waals surface area contributed by atoms with Gasteiger partial charge in [0.2, 0.25) is 5.78 Å². The summed E-state index contributed by atoms with van der Waals surface area (Å²) in [6.07, 6.45) is 0. The van der Waals surface area contributed by atoms with Crippen LogP contribution in [0.2, 0.25) is 0 Å². The van der Waals surface area contributed by atoms with Gasteiger partial charge in [-0.2, -0.15) is 0 Å². The quantitative estimate of drug-likeness (QED) is 0.426. The average Bonchev–Trinajstić information content (AvgIpc) is 3.12. The number of thioether (sulfide) groups is 1. The Hall–Kier alpha value is -2.12. The van der Waals surface area contributed by atoms with Crippen molar-refractivity contribution >= 4 is 50.3 Å². The van der Waals surface area contributed by atoms with Gasteiger partial charge in [0, 0.05) is 10.0 Å². The molecule has 0 aliphatic heterocycles. The first-order valence-electron chi connectivity index (χ1n) is 6.95. The molecule has 114 valence electrons. The van der Waals surface area contributed by atoms with Crippen LogP contribution in [0.3, 0.4) is 0 Å². The number of ketones is 1. The van der Waals surface area contributed by atoms with Gasteiger partial charge in [0.25, 0.3) is 0 Å². The highest BCUT2D eigenvalue weighted by Crippen LogP contribution is 2.23. The highest BCUT2D eigenvalue weighted by molar-refractivity contribution is 9.10. The van der Waals surface area contributed by atoms with Crippen LogP contribution >= 0.6 is 27.7 Å². The van der Waals surface area contributed by atoms with Crippen LogP contribution < -0.4 is 0 Å². The van der Waals surface area contributed by atoms with Crippen LogP contribution in [0.4, 0.5) is 0 Å². The summed E-state index contributed by atoms with van der Waals surface area (Å²) in [5.41, 5.74) is 2.58. The summed E-state index contributed by atoms with van der Waals surface area (Å²) in [6, 6.07) is 15.2. The van der Waals surface area contributed by atoms with Gasteiger partial charge in [-0.15, -0.1) is 5.10 Å². The fourth-order valence-electron chi connectivity index (χ4n) is 2.39. The van der Waals surface area contributed by atoms with E-state index >= 15 is 0 Å². The maximum absolute atomic E-state index is 12.3. The highest BCUT2D eigenvalue weighted by atomic mass is 79.9. The van der Waals surface area contributed by atoms with Crippen molar-refractivity contribution in [3.63, 3.8) is 0 Å². The molecule has 0 fully saturated rings. The Labute approximate surface area is 144 Å². The van der Waals surface area contributed by atoms with Gasteiger partial charge in [-0.1, -0.05) is 52.0 Å². The minimum Gasteiger partial charge on any atom is -0.293 e. The number of nitrogens with one attached hydrogen (secondary N) is 1. The zero-order valence-corrected chi connectivity index (χ0v) is 14.3. The normalized spacial score (nSPS) is 11.3. The first-order chi connectivity index (χ1) is 11.2. The molecule has 2 aromatic carbocycles. The molecule has 5 nitrogen and oxygen atoms in total. The molecule has 0 radical (unpaired) electrons. The highest BCUT2D eigenvalue weighted by Gasteiger charge is 2.14. The van der Waals surface area contributed by atoms with Crippen LogP contribution in [0.15, 0.2) is 58.2 Å². The van der Waals surface area contributed by atoms with Crippen molar-refractivity contribution in [1.29, 1.82) is 0 Å². The lowest BCUT2D eigenvalue weighted by Gasteiger charge is -2.01. The molecule has 0 unspecified atom stereocenters. The maximum atomic E-state index is 12.3. The molecule has 7 heteroatoms. The van der Waals surface area contributed by atoms with E-state index in [-0.39, 0.29) is 5.78 Å². The number of hydrogen-bond donors (Lipinski definition) is 1. The second kappa shape index (κ2) is 5.82. The smallest absolute Gasteiger partial charge is 0.231 e. The number of Topliss-reactive ketones (excluding diaryl/α,β-unsaturated/α-hetero) is 1. The molecule has 0 atom stereocenters. The lowest BCUT2D eigenvalue weighted by atomic mass is 10.2. The second-order valence-electron chi connectivity index (χ2n) is 4.98. The van der Waals surface area contributed by atoms with Gasteiger partial charge < -0.3 is 0 Å². The lowest BCUT2D eigenvalue weighted by Crippen LogP contribution is -2.02. The first-order valence-corrected chi connectivity index (χ1v) is 8.73. The summed E-state index contributed by atoms with van der Waals surface area (Å²) in [7, 11) is 0. The number of aromatic nitrogens is 4. The van der Waals surface area contributed by atoms with Gasteiger partial charge in [0.05, 0.1) is 16.8 Å². The number of aromatic amines is 1. The van der Waals surface area contributed by atoms with Gasteiger partial charge in [-0.25, -0.2) is 10.1 Å². The van der Waals surface area contributed by atoms with E-state index in [1.807, 2.05) is 52.9 Å². The summed E-state index contributed by atoms with van der Waals surface area (Å²) in [5, 5.41) is 7.91. The number of rotatable bonds is 4. The minimum atomic E-state index is 0.0723. The molecule has 23 heavy (non-hydrogen) atoms. The SMILES string of the molecule is O=C(CSc1n[nH]c2nc3ccccc3n12)c1ccc(Br)cc1. The monoisotopic (exact) mass is 386 g/mol. The van der Waals surface area contributed by atoms with Crippen molar-refractivity contribution in [1.82, 2.24) is 19.6 Å². The van der Waals surface area contributed by atoms with E-state index in [0.29, 0.717) is 17.1 Å². The summed E-state index contributed by atoms with van der Waals surface area (Å²) >= 11 is 4.77. The van der Waals surface area contributed by atoms with Crippen molar-refractivity contribution in [3.05, 3.63) is 58.6 Å². The van der Waals surface area contributed by atoms with Crippen LogP contribution in [-0.4, -0.2) is 31.1 Å². The molecular formula is C16H11BrN4OS. The van der Waals surface area contributed by atoms with Gasteiger partial charge in [0.15, 0.2) is 10.9 Å². The van der Waals surface area contributed by atoms with Gasteiger partial charge in [-0.05, 0) is 24.3 Å². The molecule has 0 spiro atoms. The largest absolute Gasteiger partial charge is 0.293 e. The molecule has 0 saturated carbocycles. The molecule has 2 aromatic heterocycles. The van der Waals surface area contributed by atoms with Crippen LogP contribution in [0.5, 0.6) is 0 Å². The Morgan fingerprint density at radius 3 is 2.78 bits per heavy atom. The van der Waals surface area contributed by atoms with E-state index in [0.717, 1.165) is 20.7 Å². The molecule has 0 saturated heterocycles. The first kappa shape index (κ1) is 14.5. The fourth-order valence-corrected chi connectivity index (χ4v) is 3.50. The topological polar surface area (TPSA) is 63.0 Å². The molecule has 0 bridgehead atoms. The van der Waals surface area contributed by atoms with E-state index < -0.39 is 0 Å². The zero-order chi connectivity index (χ0) is 15.8. The van der Waals surface area contributed by atoms with Gasteiger partial charge in [0.1, 0.15) is 0 Å². The lowest BCUT2D eigenvalue weighted by molar-refractivity contribution is 0.102. The number of nitrogens with zero attached hydrogens (tertiary/aromatic N) is 3. The Kier molecular flexibility index (Phi) is 3.66. The summed E-state index contributed by atoms with van der Waals surface area (Å²) in [5.74, 6) is 1.08. The van der Waals surface area contributed by atoms with Gasteiger partial charge >= 0.3 is 0 Å². The Morgan fingerprint density at radius 1 is 1.17 bits per heavy atom. The van der Waals surface area contributed by atoms with Crippen LogP contribution in [0.25, 0.3) is 16.8 Å². The number of H-pyrrole nitrogens is 1. The van der Waals surface area contributed by atoms with Crippen LogP contribution in [0.1, 0.15) is 10.4 Å². The molecule has 0 amide bonds. The van der Waals surface area contributed by atoms with Crippen molar-refractivity contribution in [2.75, 3.05) is 5.75 Å². The zero-order valence-electron chi connectivity index (χ0n) is 11.9. The van der Waals surface area contributed by atoms with Crippen molar-refractivity contribution in [3.8, 4) is 0 Å². The predicted molar refractivity (Wildman–Crippen MR) is 94.0 cm³/mol. The Morgan fingerprint density at radius 2 is 1.96 bits per heavy atom. The molecule has 2 heterocycles. The van der Waals surface area contributed by atoms with E-state index in [2.05, 4.69) is 31.1 Å². The average molecular weight is 387 g/mol. The molecule has 4 rings (SSSR count). The molecule has 0 aliphatic carbocycles. The summed E-state index contributed by atoms with van der Waals surface area (Å²) < 4.78 is 2.90. The number of fused-ring (bicyclic) bond motifs is 3. The Balaban J connectivity index is 1.60. The number of halogens is 1. The number of para-hydroxylation sites is 2. The molecule has 4 aromatic rings. The maximum Gasteiger partial charge on any atom is 0.231 e. The van der Waals surface area contributed by atoms with Crippen molar-refractivity contribution in [2.24, 2.45) is 0 Å². The standard InChI is InChI=1S/C16H11BrN4OS/c17-11-7-5-10(6-8-11)14(22)9-23-16-20-19-15-18-12-3-1-2-4-13(12)21(15)16/h1-8H,9H2,(H,18,19). The Bertz CT molecular complexity index is 1010. The molecule has 0 aliphatic rings. The van der Waals surface area contributed by atoms with E-state index in [1.165, 1.54) is 11.8 Å². The number of hydrogen-bond acceptors (Lipinski definition) is 4. The van der Waals surface area contributed by atoms with Crippen LogP contribution in [-0.2, 0) is 0 Å². The second-order valence-corrected chi connectivity index (χ2v) is 6.84. The van der Waals surface area contributed by atoms with E-state index in [4.69, 9.17) is 0 Å². The third kappa shape index (κ3) is 2.66. The summed E-state index contributed by atoms with van der Waals surface area (Å²) in [4.78, 5) is 16.8. The third-order valence-electron chi connectivity index (χ3n) is 3.50. The van der Waals surface area contributed by atoms with Crippen LogP contribution in [0, 0.1) is 0 Å². The number of carbonyl (C=O) groups excluding carboxylic acids is 1. The van der Waals surface area contributed by atoms with E-state index in [9.17, 15) is 4.79 Å². The predicted octanol–water partition coefficient (Wildman–Crippen LogP) is 3.95. The third-order valence-corrected chi connectivity index (χ3v) is 4.97. The van der Waals surface area contributed by atoms with Crippen molar-refractivity contribution < 1.29 is 4.79 Å². The molecular weight excluding hydrogens is 376 g/mol. The summed E-state index contributed by atoms with van der Waals surface area (Å²) in [6.45, 7) is 0.